The highest BCUT2D eigenvalue weighted by molar-refractivity contribution is 7.71. The number of aromatic nitrogens is 5. The Labute approximate surface area is 85.0 Å². The van der Waals surface area contributed by atoms with Crippen LogP contribution >= 0.6 is 12.2 Å². The van der Waals surface area contributed by atoms with Gasteiger partial charge in [0.2, 0.25) is 6.39 Å². The molecule has 0 saturated carbocycles. The van der Waals surface area contributed by atoms with Crippen molar-refractivity contribution in [1.82, 2.24) is 24.9 Å². The van der Waals surface area contributed by atoms with Gasteiger partial charge < -0.3 is 9.09 Å². The van der Waals surface area contributed by atoms with Gasteiger partial charge in [0, 0.05) is 13.0 Å². The van der Waals surface area contributed by atoms with Crippen molar-refractivity contribution in [3.05, 3.63) is 22.8 Å². The van der Waals surface area contributed by atoms with Crippen molar-refractivity contribution in [3.63, 3.8) is 0 Å². The normalized spacial score (nSPS) is 10.6. The molecule has 0 unspecified atom stereocenters. The van der Waals surface area contributed by atoms with Crippen LogP contribution in [-0.2, 0) is 13.0 Å². The number of rotatable bonds is 3. The molecule has 0 radical (unpaired) electrons. The van der Waals surface area contributed by atoms with E-state index in [1.165, 1.54) is 6.39 Å². The number of aryl methyl sites for hydroxylation is 2. The second-order valence-corrected chi connectivity index (χ2v) is 3.21. The van der Waals surface area contributed by atoms with Gasteiger partial charge in [0.1, 0.15) is 5.82 Å². The van der Waals surface area contributed by atoms with Gasteiger partial charge in [-0.05, 0) is 19.1 Å². The molecule has 2 rings (SSSR count). The summed E-state index contributed by atoms with van der Waals surface area (Å²) in [6, 6.07) is 0. The SMILES string of the molecule is Cc1n[nH]c(=S)n1CCc1ncon1. The van der Waals surface area contributed by atoms with Crippen LogP contribution < -0.4 is 0 Å². The third-order valence-corrected chi connectivity index (χ3v) is 2.23. The van der Waals surface area contributed by atoms with Gasteiger partial charge in [-0.25, -0.2) is 0 Å². The summed E-state index contributed by atoms with van der Waals surface area (Å²) < 4.78 is 7.14. The van der Waals surface area contributed by atoms with E-state index in [1.54, 1.807) is 0 Å². The van der Waals surface area contributed by atoms with E-state index in [9.17, 15) is 0 Å². The Morgan fingerprint density at radius 3 is 3.07 bits per heavy atom. The molecule has 2 heterocycles. The summed E-state index contributed by atoms with van der Waals surface area (Å²) >= 11 is 5.05. The molecule has 6 nitrogen and oxygen atoms in total. The van der Waals surface area contributed by atoms with E-state index in [0.29, 0.717) is 23.6 Å². The van der Waals surface area contributed by atoms with Crippen LogP contribution in [0.2, 0.25) is 0 Å². The summed E-state index contributed by atoms with van der Waals surface area (Å²) in [5.41, 5.74) is 0. The molecule has 0 aliphatic rings. The molecular formula is C7H9N5OS. The fourth-order valence-electron chi connectivity index (χ4n) is 1.17. The highest BCUT2D eigenvalue weighted by atomic mass is 32.1. The van der Waals surface area contributed by atoms with Gasteiger partial charge in [0.25, 0.3) is 0 Å². The van der Waals surface area contributed by atoms with Crippen LogP contribution in [0.15, 0.2) is 10.9 Å². The first-order chi connectivity index (χ1) is 6.77. The van der Waals surface area contributed by atoms with Crippen LogP contribution in [0.4, 0.5) is 0 Å². The second-order valence-electron chi connectivity index (χ2n) is 2.83. The standard InChI is InChI=1S/C7H9N5OS/c1-5-9-10-7(14)12(5)3-2-6-8-4-13-11-6/h4H,2-3H2,1H3,(H,10,14). The van der Waals surface area contributed by atoms with Crippen molar-refractivity contribution in [1.29, 1.82) is 0 Å². The minimum atomic E-state index is 0.617. The molecule has 0 aliphatic heterocycles. The van der Waals surface area contributed by atoms with E-state index in [0.717, 1.165) is 5.82 Å². The molecule has 0 aliphatic carbocycles. The number of hydrogen-bond donors (Lipinski definition) is 1. The van der Waals surface area contributed by atoms with Crippen molar-refractivity contribution in [2.45, 2.75) is 19.9 Å². The fourth-order valence-corrected chi connectivity index (χ4v) is 1.44. The molecule has 0 bridgehead atoms. The van der Waals surface area contributed by atoms with E-state index in [-0.39, 0.29) is 0 Å². The zero-order valence-corrected chi connectivity index (χ0v) is 8.41. The van der Waals surface area contributed by atoms with Gasteiger partial charge in [-0.2, -0.15) is 10.1 Å². The Morgan fingerprint density at radius 2 is 2.50 bits per heavy atom. The van der Waals surface area contributed by atoms with E-state index in [1.807, 2.05) is 11.5 Å². The molecular weight excluding hydrogens is 202 g/mol. The number of nitrogens with zero attached hydrogens (tertiary/aromatic N) is 4. The van der Waals surface area contributed by atoms with Crippen LogP contribution in [0.3, 0.4) is 0 Å². The van der Waals surface area contributed by atoms with Crippen molar-refractivity contribution in [2.24, 2.45) is 0 Å². The summed E-state index contributed by atoms with van der Waals surface area (Å²) in [5.74, 6) is 1.53. The molecule has 2 aromatic rings. The number of nitrogens with one attached hydrogen (secondary N) is 1. The topological polar surface area (TPSA) is 72.5 Å². The van der Waals surface area contributed by atoms with Crippen molar-refractivity contribution >= 4 is 12.2 Å². The predicted octanol–water partition coefficient (Wildman–Crippen LogP) is 0.875. The van der Waals surface area contributed by atoms with Crippen LogP contribution in [-0.4, -0.2) is 24.9 Å². The van der Waals surface area contributed by atoms with E-state index in [2.05, 4.69) is 24.9 Å². The minimum Gasteiger partial charge on any atom is -0.343 e. The molecule has 0 spiro atoms. The van der Waals surface area contributed by atoms with Gasteiger partial charge in [-0.15, -0.1) is 0 Å². The van der Waals surface area contributed by atoms with Crippen molar-refractivity contribution in [2.75, 3.05) is 0 Å². The van der Waals surface area contributed by atoms with Gasteiger partial charge in [0.05, 0.1) is 0 Å². The maximum absolute atomic E-state index is 5.05. The van der Waals surface area contributed by atoms with Crippen LogP contribution in [0.1, 0.15) is 11.6 Å². The first-order valence-electron chi connectivity index (χ1n) is 4.14. The molecule has 74 valence electrons. The van der Waals surface area contributed by atoms with Crippen LogP contribution in [0.25, 0.3) is 0 Å². The van der Waals surface area contributed by atoms with Crippen molar-refractivity contribution in [3.8, 4) is 0 Å². The summed E-state index contributed by atoms with van der Waals surface area (Å²) in [4.78, 5) is 3.92. The molecule has 0 aromatic carbocycles. The van der Waals surface area contributed by atoms with Crippen LogP contribution in [0, 0.1) is 11.7 Å². The highest BCUT2D eigenvalue weighted by Crippen LogP contribution is 1.99. The third kappa shape index (κ3) is 1.72. The summed E-state index contributed by atoms with van der Waals surface area (Å²) in [6.07, 6.45) is 2.00. The van der Waals surface area contributed by atoms with E-state index in [4.69, 9.17) is 12.2 Å². The van der Waals surface area contributed by atoms with E-state index >= 15 is 0 Å². The third-order valence-electron chi connectivity index (χ3n) is 1.92. The monoisotopic (exact) mass is 211 g/mol. The number of H-pyrrole nitrogens is 1. The van der Waals surface area contributed by atoms with Gasteiger partial charge in [0.15, 0.2) is 10.6 Å². The Morgan fingerprint density at radius 1 is 1.64 bits per heavy atom. The lowest BCUT2D eigenvalue weighted by molar-refractivity contribution is 0.408. The molecule has 0 amide bonds. The van der Waals surface area contributed by atoms with Gasteiger partial charge >= 0.3 is 0 Å². The number of hydrogen-bond acceptors (Lipinski definition) is 5. The molecule has 2 aromatic heterocycles. The maximum atomic E-state index is 5.05. The first-order valence-corrected chi connectivity index (χ1v) is 4.55. The molecule has 0 atom stereocenters. The van der Waals surface area contributed by atoms with Gasteiger partial charge in [-0.3, -0.25) is 5.10 Å². The Bertz CT molecular complexity index is 457. The first kappa shape index (κ1) is 9.07. The minimum absolute atomic E-state index is 0.617. The zero-order valence-electron chi connectivity index (χ0n) is 7.60. The predicted molar refractivity (Wildman–Crippen MR) is 50.2 cm³/mol. The fraction of sp³-hybridized carbons (Fsp3) is 0.429. The Kier molecular flexibility index (Phi) is 2.40. The highest BCUT2D eigenvalue weighted by Gasteiger charge is 2.03. The molecule has 1 N–H and O–H groups in total. The molecule has 0 saturated heterocycles. The smallest absolute Gasteiger partial charge is 0.213 e. The lowest BCUT2D eigenvalue weighted by atomic mass is 10.4. The average Bonchev–Trinajstić information content (AvgIpc) is 2.76. The second kappa shape index (κ2) is 3.70. The summed E-state index contributed by atoms with van der Waals surface area (Å²) in [6.45, 7) is 2.60. The maximum Gasteiger partial charge on any atom is 0.213 e. The number of aromatic amines is 1. The largest absolute Gasteiger partial charge is 0.343 e. The lowest BCUT2D eigenvalue weighted by Crippen LogP contribution is -2.04. The van der Waals surface area contributed by atoms with Gasteiger partial charge in [-0.1, -0.05) is 5.16 Å². The summed E-state index contributed by atoms with van der Waals surface area (Å²) in [5, 5.41) is 10.4. The Balaban J connectivity index is 2.09. The molecule has 7 heteroatoms. The Hall–Kier alpha value is -1.50. The lowest BCUT2D eigenvalue weighted by Gasteiger charge is -1.99. The quantitative estimate of drug-likeness (QED) is 0.763. The summed E-state index contributed by atoms with van der Waals surface area (Å²) in [7, 11) is 0. The molecule has 14 heavy (non-hydrogen) atoms. The average molecular weight is 211 g/mol. The zero-order chi connectivity index (χ0) is 9.97. The van der Waals surface area contributed by atoms with E-state index < -0.39 is 0 Å². The van der Waals surface area contributed by atoms with Crippen LogP contribution in [0.5, 0.6) is 0 Å². The molecule has 0 fully saturated rings. The van der Waals surface area contributed by atoms with Crippen molar-refractivity contribution < 1.29 is 4.52 Å².